The van der Waals surface area contributed by atoms with Crippen LogP contribution in [0.4, 0.5) is 10.1 Å². The van der Waals surface area contributed by atoms with Crippen molar-refractivity contribution >= 4 is 5.69 Å². The normalized spacial score (nSPS) is 15.3. The van der Waals surface area contributed by atoms with Crippen molar-refractivity contribution in [3.05, 3.63) is 29.6 Å². The lowest BCUT2D eigenvalue weighted by Gasteiger charge is -2.08. The minimum Gasteiger partial charge on any atom is -0.253 e. The lowest BCUT2D eigenvalue weighted by molar-refractivity contribution is 0.118. The molecule has 1 aliphatic rings. The maximum atomic E-state index is 12.6. The fourth-order valence-electron chi connectivity index (χ4n) is 1.07. The van der Waals surface area contributed by atoms with Gasteiger partial charge in [-0.3, -0.25) is 4.84 Å². The molecule has 11 heavy (non-hydrogen) atoms. The van der Waals surface area contributed by atoms with E-state index in [2.05, 4.69) is 0 Å². The van der Waals surface area contributed by atoms with Crippen LogP contribution in [0.1, 0.15) is 5.56 Å². The Hall–Kier alpha value is -1.13. The van der Waals surface area contributed by atoms with Gasteiger partial charge in [0, 0.05) is 11.6 Å². The molecule has 0 amide bonds. The van der Waals surface area contributed by atoms with Crippen LogP contribution in [0, 0.1) is 5.82 Å². The highest BCUT2D eigenvalue weighted by Crippen LogP contribution is 2.26. The first-order chi connectivity index (χ1) is 5.27. The fourth-order valence-corrected chi connectivity index (χ4v) is 1.07. The Balaban J connectivity index is 2.52. The molecule has 0 radical (unpaired) electrons. The van der Waals surface area contributed by atoms with E-state index in [1.807, 2.05) is 0 Å². The molecule has 1 aromatic rings. The predicted octanol–water partition coefficient (Wildman–Crippen LogP) is 0.951. The van der Waals surface area contributed by atoms with Gasteiger partial charge >= 0.3 is 0 Å². The number of hydrazine groups is 1. The van der Waals surface area contributed by atoms with Crippen LogP contribution in [0.5, 0.6) is 0 Å². The highest BCUT2D eigenvalue weighted by atomic mass is 19.1. The number of anilines is 1. The predicted molar refractivity (Wildman–Crippen MR) is 37.9 cm³/mol. The summed E-state index contributed by atoms with van der Waals surface area (Å²) in [6, 6.07) is 4.40. The molecule has 0 bridgehead atoms. The molecule has 4 heteroatoms. The smallest absolute Gasteiger partial charge is 0.125 e. The quantitative estimate of drug-likeness (QED) is 0.565. The summed E-state index contributed by atoms with van der Waals surface area (Å²) in [5.41, 5.74) is 1.51. The van der Waals surface area contributed by atoms with Crippen molar-refractivity contribution in [2.45, 2.75) is 6.61 Å². The summed E-state index contributed by atoms with van der Waals surface area (Å²) in [5.74, 6) is 5.06. The van der Waals surface area contributed by atoms with E-state index in [0.29, 0.717) is 12.3 Å². The first kappa shape index (κ1) is 6.57. The fraction of sp³-hybridized carbons (Fsp3) is 0.143. The zero-order valence-corrected chi connectivity index (χ0v) is 5.75. The molecule has 1 heterocycles. The van der Waals surface area contributed by atoms with Crippen LogP contribution in [-0.2, 0) is 11.4 Å². The molecule has 0 aromatic heterocycles. The summed E-state index contributed by atoms with van der Waals surface area (Å²) in [4.78, 5) is 4.92. The molecular weight excluding hydrogens is 147 g/mol. The van der Waals surface area contributed by atoms with Gasteiger partial charge in [0.15, 0.2) is 0 Å². The maximum Gasteiger partial charge on any atom is 0.125 e. The van der Waals surface area contributed by atoms with Gasteiger partial charge in [0.1, 0.15) is 12.4 Å². The molecule has 0 spiro atoms. The summed E-state index contributed by atoms with van der Waals surface area (Å²) < 4.78 is 12.6. The van der Waals surface area contributed by atoms with Crippen LogP contribution in [0.3, 0.4) is 0 Å². The number of hydrogen-bond donors (Lipinski definition) is 1. The van der Waals surface area contributed by atoms with Crippen molar-refractivity contribution in [2.24, 2.45) is 5.84 Å². The second kappa shape index (κ2) is 2.18. The number of nitrogens with zero attached hydrogens (tertiary/aromatic N) is 1. The average Bonchev–Trinajstić information content (AvgIpc) is 2.33. The molecule has 0 fully saturated rings. The largest absolute Gasteiger partial charge is 0.253 e. The Morgan fingerprint density at radius 1 is 1.55 bits per heavy atom. The molecule has 2 N–H and O–H groups in total. The summed E-state index contributed by atoms with van der Waals surface area (Å²) in [7, 11) is 0. The van der Waals surface area contributed by atoms with E-state index in [9.17, 15) is 4.39 Å². The minimum atomic E-state index is -0.301. The number of nitrogens with two attached hydrogens (primary N) is 1. The van der Waals surface area contributed by atoms with Crippen molar-refractivity contribution < 1.29 is 9.23 Å². The number of halogens is 1. The van der Waals surface area contributed by atoms with E-state index in [1.165, 1.54) is 12.1 Å². The summed E-state index contributed by atoms with van der Waals surface area (Å²) in [6.07, 6.45) is 0. The highest BCUT2D eigenvalue weighted by Gasteiger charge is 2.17. The Morgan fingerprint density at radius 2 is 2.36 bits per heavy atom. The van der Waals surface area contributed by atoms with Crippen molar-refractivity contribution in [1.29, 1.82) is 0 Å². The topological polar surface area (TPSA) is 38.5 Å². The Bertz CT molecular complexity index is 290. The number of benzene rings is 1. The third-order valence-electron chi connectivity index (χ3n) is 1.64. The molecule has 58 valence electrons. The Kier molecular flexibility index (Phi) is 1.30. The lowest BCUT2D eigenvalue weighted by atomic mass is 10.2. The second-order valence-corrected chi connectivity index (χ2v) is 2.37. The van der Waals surface area contributed by atoms with Gasteiger partial charge in [0.25, 0.3) is 0 Å². The molecule has 0 unspecified atom stereocenters. The summed E-state index contributed by atoms with van der Waals surface area (Å²) in [5, 5.41) is 1.08. The van der Waals surface area contributed by atoms with Crippen LogP contribution in [-0.4, -0.2) is 0 Å². The van der Waals surface area contributed by atoms with Crippen molar-refractivity contribution in [3.8, 4) is 0 Å². The molecule has 0 aliphatic carbocycles. The van der Waals surface area contributed by atoms with E-state index in [1.54, 1.807) is 6.07 Å². The zero-order chi connectivity index (χ0) is 7.84. The molecule has 1 aromatic carbocycles. The van der Waals surface area contributed by atoms with Crippen molar-refractivity contribution in [3.63, 3.8) is 0 Å². The number of hydrogen-bond acceptors (Lipinski definition) is 3. The first-order valence-electron chi connectivity index (χ1n) is 3.23. The summed E-state index contributed by atoms with van der Waals surface area (Å²) >= 11 is 0. The van der Waals surface area contributed by atoms with Gasteiger partial charge in [-0.15, -0.1) is 0 Å². The monoisotopic (exact) mass is 154 g/mol. The molecule has 2 rings (SSSR count). The van der Waals surface area contributed by atoms with Crippen LogP contribution in [0.2, 0.25) is 0 Å². The van der Waals surface area contributed by atoms with Crippen LogP contribution < -0.4 is 11.0 Å². The highest BCUT2D eigenvalue weighted by molar-refractivity contribution is 5.52. The van der Waals surface area contributed by atoms with Gasteiger partial charge in [-0.1, -0.05) is 6.07 Å². The zero-order valence-electron chi connectivity index (χ0n) is 5.75. The second-order valence-electron chi connectivity index (χ2n) is 2.37. The van der Waals surface area contributed by atoms with Crippen molar-refractivity contribution in [1.82, 2.24) is 0 Å². The molecule has 0 saturated heterocycles. The van der Waals surface area contributed by atoms with Crippen molar-refractivity contribution in [2.75, 3.05) is 5.17 Å². The molecular formula is C7H7FN2O. The van der Waals surface area contributed by atoms with Crippen LogP contribution >= 0.6 is 0 Å². The van der Waals surface area contributed by atoms with Gasteiger partial charge in [-0.25, -0.2) is 10.2 Å². The SMILES string of the molecule is NN1OCc2ccc(F)cc21. The van der Waals surface area contributed by atoms with Crippen LogP contribution in [0.25, 0.3) is 0 Å². The standard InChI is InChI=1S/C7H7FN2O/c8-6-2-1-5-4-11-10(9)7(5)3-6/h1-3H,4,9H2. The Morgan fingerprint density at radius 3 is 3.18 bits per heavy atom. The molecule has 0 saturated carbocycles. The van der Waals surface area contributed by atoms with E-state index in [4.69, 9.17) is 10.7 Å². The third-order valence-corrected chi connectivity index (χ3v) is 1.64. The van der Waals surface area contributed by atoms with Crippen LogP contribution in [0.15, 0.2) is 18.2 Å². The number of rotatable bonds is 0. The lowest BCUT2D eigenvalue weighted by Crippen LogP contribution is -2.26. The van der Waals surface area contributed by atoms with E-state index in [0.717, 1.165) is 10.7 Å². The van der Waals surface area contributed by atoms with Gasteiger partial charge in [0.2, 0.25) is 0 Å². The number of fused-ring (bicyclic) bond motifs is 1. The molecule has 1 aliphatic heterocycles. The van der Waals surface area contributed by atoms with E-state index < -0.39 is 0 Å². The third kappa shape index (κ3) is 0.961. The van der Waals surface area contributed by atoms with Gasteiger partial charge < -0.3 is 0 Å². The van der Waals surface area contributed by atoms with E-state index >= 15 is 0 Å². The first-order valence-corrected chi connectivity index (χ1v) is 3.23. The minimum absolute atomic E-state index is 0.301. The average molecular weight is 154 g/mol. The van der Waals surface area contributed by atoms with Gasteiger partial charge in [-0.05, 0) is 6.07 Å². The molecule has 0 atom stereocenters. The maximum absolute atomic E-state index is 12.6. The van der Waals surface area contributed by atoms with E-state index in [-0.39, 0.29) is 5.82 Å². The van der Waals surface area contributed by atoms with Gasteiger partial charge in [0.05, 0.1) is 5.69 Å². The van der Waals surface area contributed by atoms with Gasteiger partial charge in [-0.2, -0.15) is 5.17 Å². The molecule has 3 nitrogen and oxygen atoms in total. The summed E-state index contributed by atoms with van der Waals surface area (Å²) in [6.45, 7) is 0.423. The Labute approximate surface area is 63.1 Å².